The highest BCUT2D eigenvalue weighted by Gasteiger charge is 2.32. The Balaban J connectivity index is 1.31. The first-order valence-electron chi connectivity index (χ1n) is 15.0. The predicted molar refractivity (Wildman–Crippen MR) is 166 cm³/mol. The molecule has 7 rings (SSSR count). The quantitative estimate of drug-likeness (QED) is 0.324. The second-order valence-electron chi connectivity index (χ2n) is 11.6. The van der Waals surface area contributed by atoms with Gasteiger partial charge in [-0.25, -0.2) is 19.7 Å². The van der Waals surface area contributed by atoms with Gasteiger partial charge in [-0.3, -0.25) is 4.79 Å². The lowest BCUT2D eigenvalue weighted by Gasteiger charge is -2.36. The average molecular weight is 621 g/mol. The van der Waals surface area contributed by atoms with Crippen molar-refractivity contribution in [1.82, 2.24) is 33.6 Å². The summed E-state index contributed by atoms with van der Waals surface area (Å²) in [6.07, 6.45) is 3.95. The molecule has 0 radical (unpaired) electrons. The molecule has 1 atom stereocenters. The Morgan fingerprint density at radius 1 is 0.955 bits per heavy atom. The van der Waals surface area contributed by atoms with Gasteiger partial charge in [0.1, 0.15) is 17.5 Å². The first-order chi connectivity index (χ1) is 21.3. The fraction of sp³-hybridized carbons (Fsp3) is 0.483. The molecule has 3 aromatic heterocycles. The molecule has 0 spiro atoms. The zero-order valence-electron chi connectivity index (χ0n) is 24.9. The zero-order chi connectivity index (χ0) is 30.4. The molecule has 1 N–H and O–H groups in total. The van der Waals surface area contributed by atoms with Crippen LogP contribution in [-0.2, 0) is 14.9 Å². The van der Waals surface area contributed by atoms with Gasteiger partial charge in [-0.15, -0.1) is 0 Å². The number of rotatable bonds is 7. The molecule has 232 valence electrons. The van der Waals surface area contributed by atoms with Crippen LogP contribution in [0.3, 0.4) is 0 Å². The molecule has 0 bridgehead atoms. The number of ether oxygens (including phenoxy) is 1. The van der Waals surface area contributed by atoms with E-state index in [1.165, 1.54) is 14.1 Å². The number of aromatic nitrogens is 5. The summed E-state index contributed by atoms with van der Waals surface area (Å²) in [5.74, 6) is 1.45. The summed E-state index contributed by atoms with van der Waals surface area (Å²) in [6, 6.07) is 11.5. The van der Waals surface area contributed by atoms with Crippen molar-refractivity contribution in [2.45, 2.75) is 31.7 Å². The van der Waals surface area contributed by atoms with Crippen molar-refractivity contribution in [2.75, 3.05) is 74.7 Å². The molecule has 44 heavy (non-hydrogen) atoms. The van der Waals surface area contributed by atoms with Crippen LogP contribution >= 0.6 is 0 Å². The number of anilines is 3. The maximum atomic E-state index is 13.1. The minimum atomic E-state index is -4.02. The number of hydrogen-bond donors (Lipinski definition) is 1. The van der Waals surface area contributed by atoms with Gasteiger partial charge in [0.25, 0.3) is 0 Å². The second kappa shape index (κ2) is 11.4. The smallest absolute Gasteiger partial charge is 0.303 e. The summed E-state index contributed by atoms with van der Waals surface area (Å²) in [5.41, 5.74) is 2.22. The summed E-state index contributed by atoms with van der Waals surface area (Å²) in [5, 5.41) is 5.92. The SMILES string of the molecule is CN(C)S(=O)(=O)NC(=O)c1nc(N2CCCCC2c2cc3nc(N4CCC4)cc(N4CCOCC4)n3n2)c2ccccc2n1. The van der Waals surface area contributed by atoms with E-state index in [2.05, 4.69) is 41.5 Å². The van der Waals surface area contributed by atoms with E-state index in [1.807, 2.05) is 22.7 Å². The van der Waals surface area contributed by atoms with E-state index in [0.717, 1.165) is 84.5 Å². The number of carbonyl (C=O) groups excluding carboxylic acids is 1. The van der Waals surface area contributed by atoms with Gasteiger partial charge in [0, 0.05) is 64.3 Å². The molecule has 1 amide bonds. The van der Waals surface area contributed by atoms with Gasteiger partial charge in [0.15, 0.2) is 5.65 Å². The van der Waals surface area contributed by atoms with Crippen LogP contribution in [0.15, 0.2) is 36.4 Å². The van der Waals surface area contributed by atoms with Gasteiger partial charge in [0.05, 0.1) is 30.5 Å². The Hall–Kier alpha value is -4.08. The lowest BCUT2D eigenvalue weighted by molar-refractivity contribution is 0.0970. The third kappa shape index (κ3) is 5.28. The Morgan fingerprint density at radius 3 is 2.50 bits per heavy atom. The number of amides is 1. The Morgan fingerprint density at radius 2 is 1.75 bits per heavy atom. The van der Waals surface area contributed by atoms with Crippen molar-refractivity contribution >= 4 is 50.1 Å². The van der Waals surface area contributed by atoms with Crippen molar-refractivity contribution in [2.24, 2.45) is 0 Å². The van der Waals surface area contributed by atoms with Crippen molar-refractivity contribution in [3.63, 3.8) is 0 Å². The van der Waals surface area contributed by atoms with E-state index >= 15 is 0 Å². The van der Waals surface area contributed by atoms with Crippen LogP contribution in [0.1, 0.15) is 48.0 Å². The Kier molecular flexibility index (Phi) is 7.46. The number of morpholine rings is 1. The first kappa shape index (κ1) is 28.7. The molecular weight excluding hydrogens is 584 g/mol. The minimum absolute atomic E-state index is 0.129. The maximum Gasteiger partial charge on any atom is 0.303 e. The molecule has 3 saturated heterocycles. The third-order valence-corrected chi connectivity index (χ3v) is 9.94. The lowest BCUT2D eigenvalue weighted by Crippen LogP contribution is -2.40. The van der Waals surface area contributed by atoms with Crippen LogP contribution in [0.2, 0.25) is 0 Å². The minimum Gasteiger partial charge on any atom is -0.378 e. The molecule has 1 unspecified atom stereocenters. The zero-order valence-corrected chi connectivity index (χ0v) is 25.7. The number of carbonyl (C=O) groups is 1. The lowest BCUT2D eigenvalue weighted by atomic mass is 9.98. The summed E-state index contributed by atoms with van der Waals surface area (Å²) in [7, 11) is -1.32. The molecule has 3 fully saturated rings. The van der Waals surface area contributed by atoms with Gasteiger partial charge in [-0.1, -0.05) is 12.1 Å². The summed E-state index contributed by atoms with van der Waals surface area (Å²) >= 11 is 0. The molecule has 3 aliphatic rings. The fourth-order valence-corrected chi connectivity index (χ4v) is 6.49. The largest absolute Gasteiger partial charge is 0.378 e. The summed E-state index contributed by atoms with van der Waals surface area (Å²) in [4.78, 5) is 34.0. The Labute approximate surface area is 255 Å². The van der Waals surface area contributed by atoms with E-state index in [1.54, 1.807) is 6.07 Å². The highest BCUT2D eigenvalue weighted by Crippen LogP contribution is 2.38. The van der Waals surface area contributed by atoms with Crippen LogP contribution in [0, 0.1) is 0 Å². The number of benzene rings is 1. The van der Waals surface area contributed by atoms with E-state index in [-0.39, 0.29) is 11.9 Å². The van der Waals surface area contributed by atoms with Crippen LogP contribution in [0.25, 0.3) is 16.6 Å². The molecular formula is C29H36N10O4S. The number of hydrogen-bond acceptors (Lipinski definition) is 11. The topological polar surface area (TPSA) is 141 Å². The van der Waals surface area contributed by atoms with Crippen molar-refractivity contribution in [3.8, 4) is 0 Å². The molecule has 1 aromatic carbocycles. The van der Waals surface area contributed by atoms with E-state index in [0.29, 0.717) is 31.1 Å². The summed E-state index contributed by atoms with van der Waals surface area (Å²) < 4.78 is 35.4. The van der Waals surface area contributed by atoms with Gasteiger partial charge >= 0.3 is 16.1 Å². The van der Waals surface area contributed by atoms with Crippen molar-refractivity contribution in [1.29, 1.82) is 0 Å². The predicted octanol–water partition coefficient (Wildman–Crippen LogP) is 1.99. The molecule has 14 nitrogen and oxygen atoms in total. The normalized spacial score (nSPS) is 19.5. The molecule has 0 saturated carbocycles. The van der Waals surface area contributed by atoms with Crippen LogP contribution < -0.4 is 19.4 Å². The van der Waals surface area contributed by atoms with Crippen LogP contribution in [0.5, 0.6) is 0 Å². The van der Waals surface area contributed by atoms with E-state index in [9.17, 15) is 13.2 Å². The van der Waals surface area contributed by atoms with Crippen molar-refractivity contribution in [3.05, 3.63) is 47.9 Å². The fourth-order valence-electron chi connectivity index (χ4n) is 5.98. The third-order valence-electron chi connectivity index (χ3n) is 8.53. The van der Waals surface area contributed by atoms with Gasteiger partial charge in [-0.2, -0.15) is 22.3 Å². The van der Waals surface area contributed by atoms with E-state index in [4.69, 9.17) is 14.8 Å². The number of nitrogens with zero attached hydrogens (tertiary/aromatic N) is 9. The number of para-hydroxylation sites is 1. The average Bonchev–Trinajstić information content (AvgIpc) is 3.43. The molecule has 0 aliphatic carbocycles. The Bertz CT molecular complexity index is 1820. The van der Waals surface area contributed by atoms with Gasteiger partial charge in [-0.05, 0) is 37.8 Å². The van der Waals surface area contributed by atoms with Crippen molar-refractivity contribution < 1.29 is 17.9 Å². The van der Waals surface area contributed by atoms with Crippen LogP contribution in [-0.4, -0.2) is 103 Å². The van der Waals surface area contributed by atoms with Crippen LogP contribution in [0.4, 0.5) is 17.5 Å². The summed E-state index contributed by atoms with van der Waals surface area (Å²) in [6.45, 7) is 5.58. The monoisotopic (exact) mass is 620 g/mol. The highest BCUT2D eigenvalue weighted by atomic mass is 32.2. The molecule has 6 heterocycles. The highest BCUT2D eigenvalue weighted by molar-refractivity contribution is 7.87. The standard InChI is InChI=1S/C29H36N10O4S/c1-35(2)44(41,42)34-29(40)27-30-21-9-4-3-8-20(21)28(32-27)38-13-6-5-10-23(38)22-18-25-31-24(36-11-7-12-36)19-26(39(25)33-22)37-14-16-43-17-15-37/h3-4,8-9,18-19,23H,5-7,10-17H2,1-2H3,(H,34,40). The molecule has 4 aromatic rings. The van der Waals surface area contributed by atoms with Gasteiger partial charge in [0.2, 0.25) is 5.82 Å². The second-order valence-corrected chi connectivity index (χ2v) is 13.4. The number of fused-ring (bicyclic) bond motifs is 2. The number of piperidine rings is 1. The molecule has 3 aliphatic heterocycles. The van der Waals surface area contributed by atoms with Gasteiger partial charge < -0.3 is 19.4 Å². The first-order valence-corrected chi connectivity index (χ1v) is 16.5. The molecule has 15 heteroatoms. The van der Waals surface area contributed by atoms with E-state index < -0.39 is 16.1 Å². The maximum absolute atomic E-state index is 13.1. The number of nitrogens with one attached hydrogen (secondary N) is 1.